The molecule has 8 heteroatoms. The Morgan fingerprint density at radius 2 is 1.97 bits per heavy atom. The molecule has 0 spiro atoms. The van der Waals surface area contributed by atoms with E-state index in [2.05, 4.69) is 0 Å². The van der Waals surface area contributed by atoms with Crippen molar-refractivity contribution in [1.29, 1.82) is 0 Å². The standard InChI is InChI=1S/C21H24N2O6/c1-2-14-5-7-15(8-6-14)23-19(25)12-17(21(23)28)22(13-16-4-3-11-29-16)18(24)9-10-20(26)27/h5-10,16-17H,2-4,11-13H2,1H3,(H,26,27)/b10-9+/t16-,17+/m0/s1. The van der Waals surface area contributed by atoms with Crippen molar-refractivity contribution in [2.75, 3.05) is 18.1 Å². The van der Waals surface area contributed by atoms with Crippen LogP contribution < -0.4 is 4.90 Å². The lowest BCUT2D eigenvalue weighted by atomic mass is 10.1. The molecule has 0 aliphatic carbocycles. The third-order valence-electron chi connectivity index (χ3n) is 5.18. The van der Waals surface area contributed by atoms with Crippen LogP contribution in [0.15, 0.2) is 36.4 Å². The predicted molar refractivity (Wildman–Crippen MR) is 104 cm³/mol. The number of carbonyl (C=O) groups excluding carboxylic acids is 3. The molecule has 2 atom stereocenters. The van der Waals surface area contributed by atoms with E-state index in [0.29, 0.717) is 12.3 Å². The summed E-state index contributed by atoms with van der Waals surface area (Å²) in [4.78, 5) is 51.4. The lowest BCUT2D eigenvalue weighted by molar-refractivity contribution is -0.136. The highest BCUT2D eigenvalue weighted by Crippen LogP contribution is 2.27. The number of carboxylic acid groups (broad SMARTS) is 1. The number of rotatable bonds is 7. The summed E-state index contributed by atoms with van der Waals surface area (Å²) in [5.41, 5.74) is 1.55. The van der Waals surface area contributed by atoms with E-state index >= 15 is 0 Å². The van der Waals surface area contributed by atoms with Gasteiger partial charge in [-0.3, -0.25) is 14.4 Å². The maximum Gasteiger partial charge on any atom is 0.328 e. The van der Waals surface area contributed by atoms with Crippen molar-refractivity contribution in [1.82, 2.24) is 4.90 Å². The van der Waals surface area contributed by atoms with Crippen LogP contribution in [0.2, 0.25) is 0 Å². The first-order chi connectivity index (χ1) is 13.9. The summed E-state index contributed by atoms with van der Waals surface area (Å²) in [5, 5.41) is 8.81. The van der Waals surface area contributed by atoms with Gasteiger partial charge in [0.05, 0.1) is 18.2 Å². The van der Waals surface area contributed by atoms with Gasteiger partial charge in [0.2, 0.25) is 11.8 Å². The summed E-state index contributed by atoms with van der Waals surface area (Å²) in [5.74, 6) is -2.77. The van der Waals surface area contributed by atoms with Gasteiger partial charge in [0.1, 0.15) is 6.04 Å². The number of imide groups is 1. The summed E-state index contributed by atoms with van der Waals surface area (Å²) < 4.78 is 5.57. The minimum atomic E-state index is -1.26. The summed E-state index contributed by atoms with van der Waals surface area (Å²) in [6, 6.07) is 6.16. The summed E-state index contributed by atoms with van der Waals surface area (Å²) >= 11 is 0. The van der Waals surface area contributed by atoms with E-state index < -0.39 is 29.7 Å². The molecule has 8 nitrogen and oxygen atoms in total. The number of ether oxygens (including phenoxy) is 1. The number of aliphatic carboxylic acids is 1. The van der Waals surface area contributed by atoms with Gasteiger partial charge in [-0.25, -0.2) is 9.69 Å². The molecule has 2 aliphatic rings. The molecule has 3 rings (SSSR count). The number of aryl methyl sites for hydroxylation is 1. The summed E-state index contributed by atoms with van der Waals surface area (Å²) in [7, 11) is 0. The van der Waals surface area contributed by atoms with E-state index in [1.165, 1.54) is 4.90 Å². The molecule has 154 valence electrons. The van der Waals surface area contributed by atoms with Gasteiger partial charge >= 0.3 is 5.97 Å². The zero-order valence-corrected chi connectivity index (χ0v) is 16.2. The van der Waals surface area contributed by atoms with Gasteiger partial charge in [-0.05, 0) is 37.0 Å². The molecule has 0 radical (unpaired) electrons. The summed E-state index contributed by atoms with van der Waals surface area (Å²) in [6.45, 7) is 2.72. The number of hydrogen-bond donors (Lipinski definition) is 1. The Labute approximate surface area is 168 Å². The third kappa shape index (κ3) is 4.71. The van der Waals surface area contributed by atoms with Gasteiger partial charge in [0, 0.05) is 25.3 Å². The highest BCUT2D eigenvalue weighted by molar-refractivity contribution is 6.23. The molecule has 0 bridgehead atoms. The Bertz CT molecular complexity index is 826. The lowest BCUT2D eigenvalue weighted by Crippen LogP contribution is -2.48. The lowest BCUT2D eigenvalue weighted by Gasteiger charge is -2.28. The fourth-order valence-electron chi connectivity index (χ4n) is 3.63. The first-order valence-electron chi connectivity index (χ1n) is 9.69. The van der Waals surface area contributed by atoms with Gasteiger partial charge < -0.3 is 14.7 Å². The molecule has 0 saturated carbocycles. The van der Waals surface area contributed by atoms with Gasteiger partial charge in [0.15, 0.2) is 0 Å². The topological polar surface area (TPSA) is 104 Å². The van der Waals surface area contributed by atoms with Crippen molar-refractivity contribution < 1.29 is 29.0 Å². The van der Waals surface area contributed by atoms with Crippen LogP contribution in [0.3, 0.4) is 0 Å². The number of nitrogens with zero attached hydrogens (tertiary/aromatic N) is 2. The highest BCUT2D eigenvalue weighted by atomic mass is 16.5. The fraction of sp³-hybridized carbons (Fsp3) is 0.429. The average molecular weight is 400 g/mol. The van der Waals surface area contributed by atoms with Crippen LogP contribution in [0.4, 0.5) is 5.69 Å². The third-order valence-corrected chi connectivity index (χ3v) is 5.18. The number of carboxylic acids is 1. The average Bonchev–Trinajstić information content (AvgIpc) is 3.32. The van der Waals surface area contributed by atoms with Crippen LogP contribution >= 0.6 is 0 Å². The van der Waals surface area contributed by atoms with E-state index in [-0.39, 0.29) is 19.1 Å². The van der Waals surface area contributed by atoms with Crippen LogP contribution in [0.25, 0.3) is 0 Å². The fourth-order valence-corrected chi connectivity index (χ4v) is 3.63. The van der Waals surface area contributed by atoms with E-state index in [9.17, 15) is 19.2 Å². The second kappa shape index (κ2) is 9.00. The number of anilines is 1. The second-order valence-corrected chi connectivity index (χ2v) is 7.10. The Morgan fingerprint density at radius 3 is 2.55 bits per heavy atom. The number of carbonyl (C=O) groups is 4. The zero-order chi connectivity index (χ0) is 21.0. The molecule has 2 heterocycles. The van der Waals surface area contributed by atoms with Crippen LogP contribution in [0, 0.1) is 0 Å². The number of amides is 3. The molecule has 3 amide bonds. The van der Waals surface area contributed by atoms with Crippen LogP contribution in [-0.4, -0.2) is 59.0 Å². The van der Waals surface area contributed by atoms with Gasteiger partial charge in [-0.15, -0.1) is 0 Å². The van der Waals surface area contributed by atoms with Gasteiger partial charge in [0.25, 0.3) is 5.91 Å². The molecule has 1 aromatic carbocycles. The number of hydrogen-bond acceptors (Lipinski definition) is 5. The molecule has 2 aliphatic heterocycles. The maximum atomic E-state index is 13.1. The molecule has 0 aromatic heterocycles. The predicted octanol–water partition coefficient (Wildman–Crippen LogP) is 1.53. The van der Waals surface area contributed by atoms with Crippen LogP contribution in [0.1, 0.15) is 31.7 Å². The number of benzene rings is 1. The van der Waals surface area contributed by atoms with E-state index in [1.54, 1.807) is 12.1 Å². The smallest absolute Gasteiger partial charge is 0.328 e. The molecule has 0 unspecified atom stereocenters. The first kappa shape index (κ1) is 20.7. The Morgan fingerprint density at radius 1 is 1.24 bits per heavy atom. The van der Waals surface area contributed by atoms with Crippen molar-refractivity contribution in [3.63, 3.8) is 0 Å². The minimum Gasteiger partial charge on any atom is -0.478 e. The Kier molecular flexibility index (Phi) is 6.43. The SMILES string of the molecule is CCc1ccc(N2C(=O)C[C@@H](N(C[C@@H]3CCCO3)C(=O)/C=C/C(=O)O)C2=O)cc1. The van der Waals surface area contributed by atoms with Crippen molar-refractivity contribution >= 4 is 29.4 Å². The molecular formula is C21H24N2O6. The monoisotopic (exact) mass is 400 g/mol. The van der Waals surface area contributed by atoms with Gasteiger partial charge in [-0.1, -0.05) is 19.1 Å². The van der Waals surface area contributed by atoms with Crippen LogP contribution in [0.5, 0.6) is 0 Å². The maximum absolute atomic E-state index is 13.1. The highest BCUT2D eigenvalue weighted by Gasteiger charge is 2.44. The van der Waals surface area contributed by atoms with E-state index in [4.69, 9.17) is 9.84 Å². The largest absolute Gasteiger partial charge is 0.478 e. The molecule has 1 aromatic rings. The Balaban J connectivity index is 1.84. The normalized spacial score (nSPS) is 21.9. The molecule has 2 saturated heterocycles. The second-order valence-electron chi connectivity index (χ2n) is 7.10. The molecule has 1 N–H and O–H groups in total. The first-order valence-corrected chi connectivity index (χ1v) is 9.69. The molecule has 2 fully saturated rings. The van der Waals surface area contributed by atoms with Crippen molar-refractivity contribution in [3.8, 4) is 0 Å². The van der Waals surface area contributed by atoms with Crippen molar-refractivity contribution in [2.45, 2.75) is 44.8 Å². The van der Waals surface area contributed by atoms with Crippen molar-refractivity contribution in [3.05, 3.63) is 42.0 Å². The van der Waals surface area contributed by atoms with E-state index in [0.717, 1.165) is 41.9 Å². The Hall–Kier alpha value is -3.00. The van der Waals surface area contributed by atoms with Gasteiger partial charge in [-0.2, -0.15) is 0 Å². The molecular weight excluding hydrogens is 376 g/mol. The minimum absolute atomic E-state index is 0.134. The zero-order valence-electron chi connectivity index (χ0n) is 16.2. The van der Waals surface area contributed by atoms with E-state index in [1.807, 2.05) is 19.1 Å². The summed E-state index contributed by atoms with van der Waals surface area (Å²) in [6.07, 6.45) is 3.69. The quantitative estimate of drug-likeness (QED) is 0.550. The van der Waals surface area contributed by atoms with Crippen LogP contribution in [-0.2, 0) is 30.3 Å². The molecule has 29 heavy (non-hydrogen) atoms. The van der Waals surface area contributed by atoms with Crippen molar-refractivity contribution in [2.24, 2.45) is 0 Å².